The third-order valence-corrected chi connectivity index (χ3v) is 3.41. The highest BCUT2D eigenvalue weighted by molar-refractivity contribution is 5.75. The first-order valence-electron chi connectivity index (χ1n) is 6.34. The van der Waals surface area contributed by atoms with Gasteiger partial charge in [0.25, 0.3) is 0 Å². The van der Waals surface area contributed by atoms with E-state index in [0.29, 0.717) is 12.4 Å². The summed E-state index contributed by atoms with van der Waals surface area (Å²) in [6.45, 7) is 1.40. The van der Waals surface area contributed by atoms with Gasteiger partial charge < -0.3 is 15.0 Å². The Bertz CT molecular complexity index is 559. The van der Waals surface area contributed by atoms with Gasteiger partial charge in [0.15, 0.2) is 11.6 Å². The van der Waals surface area contributed by atoms with Crippen LogP contribution in [0.3, 0.4) is 0 Å². The summed E-state index contributed by atoms with van der Waals surface area (Å²) in [5.41, 5.74) is 7.46. The minimum atomic E-state index is -0.277. The topological polar surface area (TPSA) is 61.3 Å². The van der Waals surface area contributed by atoms with Crippen LogP contribution >= 0.6 is 0 Å². The van der Waals surface area contributed by atoms with E-state index in [1.165, 1.54) is 12.1 Å². The van der Waals surface area contributed by atoms with Gasteiger partial charge in [0.1, 0.15) is 5.82 Å². The van der Waals surface area contributed by atoms with Crippen molar-refractivity contribution in [2.45, 2.75) is 18.8 Å². The van der Waals surface area contributed by atoms with Crippen LogP contribution in [0, 0.1) is 5.82 Å². The first kappa shape index (κ1) is 12.2. The number of rotatable bonds is 2. The minimum absolute atomic E-state index is 0.165. The smallest absolute Gasteiger partial charge is 0.175 e. The second-order valence-corrected chi connectivity index (χ2v) is 4.73. The summed E-state index contributed by atoms with van der Waals surface area (Å²) in [5, 5.41) is 3.84. The van der Waals surface area contributed by atoms with E-state index in [1.54, 1.807) is 12.1 Å². The minimum Gasteiger partial charge on any atom is -0.381 e. The molecule has 2 N–H and O–H groups in total. The molecule has 1 unspecified atom stereocenters. The van der Waals surface area contributed by atoms with Crippen molar-refractivity contribution in [1.29, 1.82) is 0 Å². The normalized spacial score (nSPS) is 19.5. The molecule has 4 nitrogen and oxygen atoms in total. The average Bonchev–Trinajstić information content (AvgIpc) is 2.83. The lowest BCUT2D eigenvalue weighted by Crippen LogP contribution is -2.15. The van der Waals surface area contributed by atoms with Crippen molar-refractivity contribution in [1.82, 2.24) is 5.16 Å². The van der Waals surface area contributed by atoms with Crippen LogP contribution in [0.25, 0.3) is 11.1 Å². The molecule has 0 radical (unpaired) electrons. The molecule has 3 rings (SSSR count). The maximum Gasteiger partial charge on any atom is 0.175 e. The molecular formula is C14H15FN2O2. The van der Waals surface area contributed by atoms with Crippen LogP contribution in [0.4, 0.5) is 10.2 Å². The number of halogens is 1. The summed E-state index contributed by atoms with van der Waals surface area (Å²) < 4.78 is 23.8. The predicted octanol–water partition coefficient (Wildman–Crippen LogP) is 2.96. The van der Waals surface area contributed by atoms with Gasteiger partial charge in [0.2, 0.25) is 0 Å². The number of aromatic nitrogens is 1. The Morgan fingerprint density at radius 3 is 2.74 bits per heavy atom. The van der Waals surface area contributed by atoms with Gasteiger partial charge in [-0.1, -0.05) is 17.3 Å². The molecule has 1 fully saturated rings. The van der Waals surface area contributed by atoms with Crippen molar-refractivity contribution in [2.24, 2.45) is 0 Å². The highest BCUT2D eigenvalue weighted by Gasteiger charge is 2.26. The third-order valence-electron chi connectivity index (χ3n) is 3.41. The highest BCUT2D eigenvalue weighted by atomic mass is 19.1. The summed E-state index contributed by atoms with van der Waals surface area (Å²) in [7, 11) is 0. The Hall–Kier alpha value is -1.88. The van der Waals surface area contributed by atoms with Crippen molar-refractivity contribution >= 4 is 5.82 Å². The monoisotopic (exact) mass is 262 g/mol. The molecule has 0 bridgehead atoms. The number of benzene rings is 1. The van der Waals surface area contributed by atoms with Crippen molar-refractivity contribution in [3.8, 4) is 11.1 Å². The van der Waals surface area contributed by atoms with E-state index < -0.39 is 0 Å². The van der Waals surface area contributed by atoms with Gasteiger partial charge in [-0.15, -0.1) is 0 Å². The zero-order chi connectivity index (χ0) is 13.2. The number of hydrogen-bond donors (Lipinski definition) is 1. The quantitative estimate of drug-likeness (QED) is 0.903. The molecule has 1 saturated heterocycles. The standard InChI is InChI=1S/C14H15FN2O2/c15-11-5-3-9(4-6-11)12-13(19-17-14(12)16)10-2-1-7-18-8-10/h3-6,10H,1-2,7-8H2,(H2,16,17). The van der Waals surface area contributed by atoms with Crippen molar-refractivity contribution in [3.05, 3.63) is 35.8 Å². The van der Waals surface area contributed by atoms with Gasteiger partial charge in [0, 0.05) is 12.5 Å². The molecule has 1 aliphatic rings. The van der Waals surface area contributed by atoms with Gasteiger partial charge in [-0.05, 0) is 30.5 Å². The van der Waals surface area contributed by atoms with Crippen molar-refractivity contribution in [3.63, 3.8) is 0 Å². The Balaban J connectivity index is 2.00. The maximum absolute atomic E-state index is 13.0. The van der Waals surface area contributed by atoms with Gasteiger partial charge in [-0.2, -0.15) is 0 Å². The lowest BCUT2D eigenvalue weighted by Gasteiger charge is -2.20. The second-order valence-electron chi connectivity index (χ2n) is 4.73. The lowest BCUT2D eigenvalue weighted by atomic mass is 9.93. The van der Waals surface area contributed by atoms with Crippen molar-refractivity contribution < 1.29 is 13.7 Å². The van der Waals surface area contributed by atoms with Crippen LogP contribution in [0.5, 0.6) is 0 Å². The predicted molar refractivity (Wildman–Crippen MR) is 69.1 cm³/mol. The summed E-state index contributed by atoms with van der Waals surface area (Å²) in [6, 6.07) is 6.18. The molecular weight excluding hydrogens is 247 g/mol. The molecule has 0 amide bonds. The second kappa shape index (κ2) is 5.01. The largest absolute Gasteiger partial charge is 0.381 e. The van der Waals surface area contributed by atoms with Gasteiger partial charge in [0.05, 0.1) is 12.2 Å². The van der Waals surface area contributed by atoms with E-state index in [2.05, 4.69) is 5.16 Å². The molecule has 1 aromatic heterocycles. The van der Waals surface area contributed by atoms with Crippen LogP contribution in [0.1, 0.15) is 24.5 Å². The Labute approximate surface area is 110 Å². The van der Waals surface area contributed by atoms with Gasteiger partial charge in [-0.25, -0.2) is 4.39 Å². The zero-order valence-corrected chi connectivity index (χ0v) is 10.4. The summed E-state index contributed by atoms with van der Waals surface area (Å²) in [5.74, 6) is 0.968. The molecule has 0 spiro atoms. The van der Waals surface area contributed by atoms with Crippen LogP contribution in [-0.4, -0.2) is 18.4 Å². The number of nitrogens with two attached hydrogens (primary N) is 1. The number of nitrogen functional groups attached to an aromatic ring is 1. The van der Waals surface area contributed by atoms with E-state index in [1.807, 2.05) is 0 Å². The van der Waals surface area contributed by atoms with Crippen LogP contribution < -0.4 is 5.73 Å². The van der Waals surface area contributed by atoms with E-state index >= 15 is 0 Å². The van der Waals surface area contributed by atoms with E-state index in [0.717, 1.165) is 36.3 Å². The number of ether oxygens (including phenoxy) is 1. The zero-order valence-electron chi connectivity index (χ0n) is 10.4. The SMILES string of the molecule is Nc1noc(C2CCCOC2)c1-c1ccc(F)cc1. The third kappa shape index (κ3) is 2.33. The summed E-state index contributed by atoms with van der Waals surface area (Å²) in [4.78, 5) is 0. The maximum atomic E-state index is 13.0. The van der Waals surface area contributed by atoms with Crippen LogP contribution in [-0.2, 0) is 4.74 Å². The molecule has 0 aliphatic carbocycles. The molecule has 5 heteroatoms. The first-order chi connectivity index (χ1) is 9.25. The fraction of sp³-hybridized carbons (Fsp3) is 0.357. The van der Waals surface area contributed by atoms with Crippen LogP contribution in [0.15, 0.2) is 28.8 Å². The highest BCUT2D eigenvalue weighted by Crippen LogP contribution is 2.37. The fourth-order valence-corrected chi connectivity index (χ4v) is 2.45. The number of nitrogens with zero attached hydrogens (tertiary/aromatic N) is 1. The molecule has 2 aromatic rings. The summed E-state index contributed by atoms with van der Waals surface area (Å²) >= 11 is 0. The summed E-state index contributed by atoms with van der Waals surface area (Å²) in [6.07, 6.45) is 1.98. The average molecular weight is 262 g/mol. The van der Waals surface area contributed by atoms with Gasteiger partial charge in [-0.3, -0.25) is 0 Å². The molecule has 1 atom stereocenters. The molecule has 100 valence electrons. The lowest BCUT2D eigenvalue weighted by molar-refractivity contribution is 0.0723. The van der Waals surface area contributed by atoms with Gasteiger partial charge >= 0.3 is 0 Å². The molecule has 1 aliphatic heterocycles. The molecule has 0 saturated carbocycles. The Morgan fingerprint density at radius 1 is 1.26 bits per heavy atom. The van der Waals surface area contributed by atoms with Crippen LogP contribution in [0.2, 0.25) is 0 Å². The molecule has 19 heavy (non-hydrogen) atoms. The Kier molecular flexibility index (Phi) is 3.21. The molecule has 2 heterocycles. The number of anilines is 1. The number of hydrogen-bond acceptors (Lipinski definition) is 4. The molecule has 1 aromatic carbocycles. The van der Waals surface area contributed by atoms with E-state index in [-0.39, 0.29) is 11.7 Å². The van der Waals surface area contributed by atoms with Crippen molar-refractivity contribution in [2.75, 3.05) is 18.9 Å². The van der Waals surface area contributed by atoms with E-state index in [4.69, 9.17) is 15.0 Å². The Morgan fingerprint density at radius 2 is 2.05 bits per heavy atom. The fourth-order valence-electron chi connectivity index (χ4n) is 2.45. The first-order valence-corrected chi connectivity index (χ1v) is 6.34. The van der Waals surface area contributed by atoms with E-state index in [9.17, 15) is 4.39 Å².